The number of rotatable bonds is 8. The highest BCUT2D eigenvalue weighted by molar-refractivity contribution is 5.84. The minimum absolute atomic E-state index is 0.0504. The molecule has 1 aromatic heterocycles. The molecule has 2 aromatic carbocycles. The van der Waals surface area contributed by atoms with Crippen molar-refractivity contribution in [2.24, 2.45) is 5.92 Å². The van der Waals surface area contributed by atoms with E-state index >= 15 is 0 Å². The zero-order valence-corrected chi connectivity index (χ0v) is 20.0. The van der Waals surface area contributed by atoms with Crippen LogP contribution in [0.15, 0.2) is 48.8 Å². The van der Waals surface area contributed by atoms with Gasteiger partial charge in [0, 0.05) is 50.9 Å². The third kappa shape index (κ3) is 5.28. The van der Waals surface area contributed by atoms with Gasteiger partial charge in [0.05, 0.1) is 17.4 Å². The topological polar surface area (TPSA) is 53.4 Å². The van der Waals surface area contributed by atoms with Crippen LogP contribution in [0.2, 0.25) is 0 Å². The van der Waals surface area contributed by atoms with Gasteiger partial charge in [0.2, 0.25) is 5.91 Å². The van der Waals surface area contributed by atoms with E-state index in [1.54, 1.807) is 4.57 Å². The van der Waals surface area contributed by atoms with Crippen molar-refractivity contribution >= 4 is 16.9 Å². The van der Waals surface area contributed by atoms with Gasteiger partial charge in [-0.3, -0.25) is 9.69 Å². The molecule has 1 aliphatic rings. The number of aromatic nitrogens is 2. The van der Waals surface area contributed by atoms with Gasteiger partial charge in [-0.25, -0.2) is 13.8 Å². The lowest BCUT2D eigenvalue weighted by atomic mass is 10.0. The molecule has 182 valence electrons. The van der Waals surface area contributed by atoms with Crippen molar-refractivity contribution in [3.8, 4) is 0 Å². The lowest BCUT2D eigenvalue weighted by Gasteiger charge is -2.40. The van der Waals surface area contributed by atoms with Gasteiger partial charge >= 0.3 is 0 Å². The molecule has 0 radical (unpaired) electrons. The predicted octanol–water partition coefficient (Wildman–Crippen LogP) is 4.01. The second-order valence-corrected chi connectivity index (χ2v) is 9.46. The van der Waals surface area contributed by atoms with E-state index in [4.69, 9.17) is 0 Å². The molecule has 1 aliphatic heterocycles. The maximum atomic E-state index is 13.9. The molecule has 2 unspecified atom stereocenters. The number of halogens is 2. The summed E-state index contributed by atoms with van der Waals surface area (Å²) in [7, 11) is 2.15. The normalized spacial score (nSPS) is 18.5. The van der Waals surface area contributed by atoms with Crippen LogP contribution < -0.4 is 5.32 Å². The Bertz CT molecular complexity index is 1120. The van der Waals surface area contributed by atoms with E-state index in [-0.39, 0.29) is 11.8 Å². The van der Waals surface area contributed by atoms with Crippen LogP contribution in [0, 0.1) is 17.6 Å². The molecule has 1 fully saturated rings. The Morgan fingerprint density at radius 1 is 1.15 bits per heavy atom. The van der Waals surface area contributed by atoms with Gasteiger partial charge in [-0.15, -0.1) is 0 Å². The second kappa shape index (κ2) is 10.6. The van der Waals surface area contributed by atoms with Crippen LogP contribution in [0.5, 0.6) is 0 Å². The summed E-state index contributed by atoms with van der Waals surface area (Å²) in [6.07, 6.45) is 2.32. The number of hydrogen-bond acceptors (Lipinski definition) is 4. The first-order chi connectivity index (χ1) is 16.3. The van der Waals surface area contributed by atoms with E-state index < -0.39 is 17.7 Å². The number of imidazole rings is 1. The SMILES string of the molecule is CC(C)C(C(=O)NCCCN1CCN(C)CC1c1ccccc1)n1cnc2cc(F)c(F)cc21. The van der Waals surface area contributed by atoms with Gasteiger partial charge in [0.15, 0.2) is 11.6 Å². The van der Waals surface area contributed by atoms with E-state index in [1.165, 1.54) is 11.9 Å². The molecule has 1 saturated heterocycles. The van der Waals surface area contributed by atoms with E-state index in [0.717, 1.165) is 44.7 Å². The monoisotopic (exact) mass is 469 g/mol. The van der Waals surface area contributed by atoms with Crippen LogP contribution >= 0.6 is 0 Å². The molecule has 2 heterocycles. The Morgan fingerprint density at radius 2 is 1.88 bits per heavy atom. The van der Waals surface area contributed by atoms with Gasteiger partial charge < -0.3 is 14.8 Å². The summed E-state index contributed by atoms with van der Waals surface area (Å²) in [5.74, 6) is -2.08. The average Bonchev–Trinajstić information content (AvgIpc) is 3.20. The third-order valence-electron chi connectivity index (χ3n) is 6.62. The summed E-state index contributed by atoms with van der Waals surface area (Å²) in [5, 5.41) is 3.05. The number of nitrogens with zero attached hydrogens (tertiary/aromatic N) is 4. The Kier molecular flexibility index (Phi) is 7.58. The number of fused-ring (bicyclic) bond motifs is 1. The molecule has 6 nitrogen and oxygen atoms in total. The third-order valence-corrected chi connectivity index (χ3v) is 6.62. The molecule has 3 aromatic rings. The van der Waals surface area contributed by atoms with E-state index in [2.05, 4.69) is 51.4 Å². The summed E-state index contributed by atoms with van der Waals surface area (Å²) in [5.41, 5.74) is 2.06. The molecule has 1 amide bonds. The molecule has 8 heteroatoms. The number of carbonyl (C=O) groups is 1. The van der Waals surface area contributed by atoms with E-state index in [1.807, 2.05) is 19.9 Å². The molecule has 0 aliphatic carbocycles. The van der Waals surface area contributed by atoms with Crippen molar-refractivity contribution in [3.63, 3.8) is 0 Å². The summed E-state index contributed by atoms with van der Waals surface area (Å²) in [6, 6.07) is 12.5. The quantitative estimate of drug-likeness (QED) is 0.507. The summed E-state index contributed by atoms with van der Waals surface area (Å²) in [4.78, 5) is 22.1. The van der Waals surface area contributed by atoms with Gasteiger partial charge in [0.25, 0.3) is 0 Å². The van der Waals surface area contributed by atoms with E-state index in [9.17, 15) is 13.6 Å². The van der Waals surface area contributed by atoms with Crippen LogP contribution in [0.3, 0.4) is 0 Å². The standard InChI is InChI=1S/C26H33F2N5O/c1-18(2)25(33-17-30-22-14-20(27)21(28)15-23(22)33)26(34)29-10-7-11-32-13-12-31(3)16-24(32)19-8-5-4-6-9-19/h4-6,8-9,14-15,17-18,24-25H,7,10-13,16H2,1-3H3,(H,29,34). The Hall–Kier alpha value is -2.84. The zero-order valence-electron chi connectivity index (χ0n) is 20.0. The first-order valence-electron chi connectivity index (χ1n) is 11.9. The van der Waals surface area contributed by atoms with Crippen LogP contribution in [-0.2, 0) is 4.79 Å². The molecule has 0 saturated carbocycles. The molecule has 34 heavy (non-hydrogen) atoms. The van der Waals surface area contributed by atoms with E-state index in [0.29, 0.717) is 23.6 Å². The van der Waals surface area contributed by atoms with Crippen LogP contribution in [0.1, 0.15) is 37.9 Å². The number of nitrogens with one attached hydrogen (secondary N) is 1. The smallest absolute Gasteiger partial charge is 0.243 e. The second-order valence-electron chi connectivity index (χ2n) is 9.46. The average molecular weight is 470 g/mol. The van der Waals surface area contributed by atoms with Gasteiger partial charge in [-0.1, -0.05) is 44.2 Å². The minimum atomic E-state index is -0.947. The molecule has 2 atom stereocenters. The molecule has 0 spiro atoms. The number of benzene rings is 2. The van der Waals surface area contributed by atoms with Crippen LogP contribution in [-0.4, -0.2) is 65.0 Å². The van der Waals surface area contributed by atoms with Crippen molar-refractivity contribution in [2.45, 2.75) is 32.4 Å². The van der Waals surface area contributed by atoms with Gasteiger partial charge in [-0.05, 0) is 24.9 Å². The first kappa shape index (κ1) is 24.3. The lowest BCUT2D eigenvalue weighted by molar-refractivity contribution is -0.125. The fourth-order valence-corrected chi connectivity index (χ4v) is 4.81. The predicted molar refractivity (Wildman–Crippen MR) is 129 cm³/mol. The maximum Gasteiger partial charge on any atom is 0.243 e. The molecular formula is C26H33F2N5O. The van der Waals surface area contributed by atoms with Crippen molar-refractivity contribution in [1.29, 1.82) is 0 Å². The number of carbonyl (C=O) groups excluding carboxylic acids is 1. The van der Waals surface area contributed by atoms with Gasteiger partial charge in [0.1, 0.15) is 6.04 Å². The molecular weight excluding hydrogens is 436 g/mol. The Labute approximate surface area is 199 Å². The Morgan fingerprint density at radius 3 is 2.62 bits per heavy atom. The number of hydrogen-bond donors (Lipinski definition) is 1. The van der Waals surface area contributed by atoms with Crippen LogP contribution in [0.25, 0.3) is 11.0 Å². The minimum Gasteiger partial charge on any atom is -0.354 e. The zero-order chi connectivity index (χ0) is 24.2. The van der Waals surface area contributed by atoms with Crippen molar-refractivity contribution in [3.05, 3.63) is 66.0 Å². The fourth-order valence-electron chi connectivity index (χ4n) is 4.81. The van der Waals surface area contributed by atoms with Crippen molar-refractivity contribution in [1.82, 2.24) is 24.7 Å². The molecule has 1 N–H and O–H groups in total. The fraction of sp³-hybridized carbons (Fsp3) is 0.462. The van der Waals surface area contributed by atoms with Crippen LogP contribution in [0.4, 0.5) is 8.78 Å². The summed E-state index contributed by atoms with van der Waals surface area (Å²) in [6.45, 7) is 8.30. The van der Waals surface area contributed by atoms with Crippen molar-refractivity contribution < 1.29 is 13.6 Å². The number of amides is 1. The lowest BCUT2D eigenvalue weighted by Crippen LogP contribution is -2.47. The van der Waals surface area contributed by atoms with Crippen molar-refractivity contribution in [2.75, 3.05) is 39.8 Å². The maximum absolute atomic E-state index is 13.9. The van der Waals surface area contributed by atoms with Gasteiger partial charge in [-0.2, -0.15) is 0 Å². The summed E-state index contributed by atoms with van der Waals surface area (Å²) < 4.78 is 29.1. The summed E-state index contributed by atoms with van der Waals surface area (Å²) >= 11 is 0. The first-order valence-corrected chi connectivity index (χ1v) is 11.9. The molecule has 4 rings (SSSR count). The Balaban J connectivity index is 1.38. The number of piperazine rings is 1. The highest BCUT2D eigenvalue weighted by Gasteiger charge is 2.28. The molecule has 0 bridgehead atoms. The number of likely N-dealkylation sites (N-methyl/N-ethyl adjacent to an activating group) is 1. The highest BCUT2D eigenvalue weighted by atomic mass is 19.2. The largest absolute Gasteiger partial charge is 0.354 e. The highest BCUT2D eigenvalue weighted by Crippen LogP contribution is 2.26.